The number of hydrogen-bond acceptors (Lipinski definition) is 6. The summed E-state index contributed by atoms with van der Waals surface area (Å²) in [6.07, 6.45) is 1.49. The van der Waals surface area contributed by atoms with Crippen molar-refractivity contribution in [2.45, 2.75) is 6.92 Å². The van der Waals surface area contributed by atoms with E-state index in [2.05, 4.69) is 30.9 Å². The first-order valence-electron chi connectivity index (χ1n) is 4.93. The summed E-state index contributed by atoms with van der Waals surface area (Å²) in [4.78, 5) is 15.5. The third-order valence-corrected chi connectivity index (χ3v) is 1.83. The molecule has 0 saturated carbocycles. The largest absolute Gasteiger partial charge is 0.478 e. The zero-order valence-electron chi connectivity index (χ0n) is 9.04. The summed E-state index contributed by atoms with van der Waals surface area (Å²) in [7, 11) is 0. The number of carbonyl (C=O) groups excluding carboxylic acids is 1. The number of nitrogens with zero attached hydrogens (tertiary/aromatic N) is 4. The molecule has 8 nitrogen and oxygen atoms in total. The highest BCUT2D eigenvalue weighted by molar-refractivity contribution is 6.01. The van der Waals surface area contributed by atoms with Gasteiger partial charge in [-0.15, -0.1) is 10.2 Å². The smallest absolute Gasteiger partial charge is 0.297 e. The monoisotopic (exact) mass is 234 g/mol. The fourth-order valence-corrected chi connectivity index (χ4v) is 1.13. The fraction of sp³-hybridized carbons (Fsp3) is 0.222. The summed E-state index contributed by atoms with van der Waals surface area (Å²) in [5.41, 5.74) is 0.531. The predicted octanol–water partition coefficient (Wildman–Crippen LogP) is 0.246. The maximum atomic E-state index is 11.5. The van der Waals surface area contributed by atoms with Gasteiger partial charge in [0, 0.05) is 6.07 Å². The standard InChI is InChI=1S/C9H10N6O2/c1-2-17-7-4-3-6(5-10-7)11-9(16)8-12-14-15-13-8/h3-5H,2H2,1H3,(H,11,16)(H,12,13,14,15). The van der Waals surface area contributed by atoms with Gasteiger partial charge in [-0.05, 0) is 18.2 Å². The number of hydrogen-bond donors (Lipinski definition) is 2. The highest BCUT2D eigenvalue weighted by Gasteiger charge is 2.10. The zero-order valence-corrected chi connectivity index (χ0v) is 9.04. The summed E-state index contributed by atoms with van der Waals surface area (Å²) in [6, 6.07) is 3.34. The molecule has 88 valence electrons. The lowest BCUT2D eigenvalue weighted by Crippen LogP contribution is -2.14. The van der Waals surface area contributed by atoms with Crippen molar-refractivity contribution in [2.75, 3.05) is 11.9 Å². The first kappa shape index (κ1) is 11.0. The van der Waals surface area contributed by atoms with E-state index < -0.39 is 5.91 Å². The van der Waals surface area contributed by atoms with Crippen molar-refractivity contribution < 1.29 is 9.53 Å². The number of pyridine rings is 1. The number of H-pyrrole nitrogens is 1. The molecule has 8 heteroatoms. The number of carbonyl (C=O) groups is 1. The number of ether oxygens (including phenoxy) is 1. The van der Waals surface area contributed by atoms with Crippen LogP contribution in [0.3, 0.4) is 0 Å². The van der Waals surface area contributed by atoms with Crippen LogP contribution in [-0.4, -0.2) is 38.1 Å². The molecule has 17 heavy (non-hydrogen) atoms. The summed E-state index contributed by atoms with van der Waals surface area (Å²) >= 11 is 0. The molecule has 0 bridgehead atoms. The minimum Gasteiger partial charge on any atom is -0.478 e. The van der Waals surface area contributed by atoms with E-state index in [1.807, 2.05) is 6.92 Å². The second kappa shape index (κ2) is 5.01. The molecule has 0 aliphatic carbocycles. The number of nitrogens with one attached hydrogen (secondary N) is 2. The Balaban J connectivity index is 2.01. The predicted molar refractivity (Wildman–Crippen MR) is 57.5 cm³/mol. The second-order valence-corrected chi connectivity index (χ2v) is 3.01. The van der Waals surface area contributed by atoms with Crippen molar-refractivity contribution >= 4 is 11.6 Å². The lowest BCUT2D eigenvalue weighted by atomic mass is 10.4. The van der Waals surface area contributed by atoms with Gasteiger partial charge in [0.1, 0.15) is 0 Å². The molecule has 2 heterocycles. The summed E-state index contributed by atoms with van der Waals surface area (Å²) in [5.74, 6) is 0.0219. The molecule has 0 radical (unpaired) electrons. The first-order chi connectivity index (χ1) is 8.29. The van der Waals surface area contributed by atoms with Gasteiger partial charge >= 0.3 is 0 Å². The van der Waals surface area contributed by atoms with Crippen molar-refractivity contribution in [1.29, 1.82) is 0 Å². The van der Waals surface area contributed by atoms with Crippen molar-refractivity contribution in [1.82, 2.24) is 25.6 Å². The lowest BCUT2D eigenvalue weighted by molar-refractivity contribution is 0.101. The Morgan fingerprint density at radius 2 is 2.41 bits per heavy atom. The van der Waals surface area contributed by atoms with Gasteiger partial charge in [-0.3, -0.25) is 4.79 Å². The Morgan fingerprint density at radius 3 is 3.00 bits per heavy atom. The topological polar surface area (TPSA) is 106 Å². The molecule has 0 saturated heterocycles. The minimum atomic E-state index is -0.454. The highest BCUT2D eigenvalue weighted by atomic mass is 16.5. The van der Waals surface area contributed by atoms with Crippen LogP contribution >= 0.6 is 0 Å². The quantitative estimate of drug-likeness (QED) is 0.785. The van der Waals surface area contributed by atoms with E-state index in [4.69, 9.17) is 4.74 Å². The second-order valence-electron chi connectivity index (χ2n) is 3.01. The molecule has 2 rings (SSSR count). The molecular formula is C9H10N6O2. The number of aromatic nitrogens is 5. The summed E-state index contributed by atoms with van der Waals surface area (Å²) in [5, 5.41) is 15.2. The molecular weight excluding hydrogens is 224 g/mol. The van der Waals surface area contributed by atoms with Crippen molar-refractivity contribution in [3.8, 4) is 5.88 Å². The van der Waals surface area contributed by atoms with Crippen LogP contribution in [0.5, 0.6) is 5.88 Å². The number of anilines is 1. The molecule has 0 atom stereocenters. The van der Waals surface area contributed by atoms with Gasteiger partial charge in [0.2, 0.25) is 5.88 Å². The molecule has 2 N–H and O–H groups in total. The van der Waals surface area contributed by atoms with E-state index in [9.17, 15) is 4.79 Å². The minimum absolute atomic E-state index is 0.0288. The third kappa shape index (κ3) is 2.74. The highest BCUT2D eigenvalue weighted by Crippen LogP contribution is 2.11. The fourth-order valence-electron chi connectivity index (χ4n) is 1.13. The van der Waals surface area contributed by atoms with Crippen LogP contribution in [0.2, 0.25) is 0 Å². The molecule has 0 spiro atoms. The van der Waals surface area contributed by atoms with Gasteiger partial charge in [0.15, 0.2) is 0 Å². The van der Waals surface area contributed by atoms with Crippen molar-refractivity contribution in [2.24, 2.45) is 0 Å². The van der Waals surface area contributed by atoms with Crippen molar-refractivity contribution in [3.63, 3.8) is 0 Å². The molecule has 1 amide bonds. The number of aromatic amines is 1. The molecule has 0 aliphatic heterocycles. The SMILES string of the molecule is CCOc1ccc(NC(=O)c2nn[nH]n2)cn1. The van der Waals surface area contributed by atoms with Gasteiger partial charge in [-0.2, -0.15) is 5.21 Å². The Hall–Kier alpha value is -2.51. The van der Waals surface area contributed by atoms with Crippen LogP contribution in [0.4, 0.5) is 5.69 Å². The Kier molecular flexibility index (Phi) is 3.24. The third-order valence-electron chi connectivity index (χ3n) is 1.83. The van der Waals surface area contributed by atoms with Crippen LogP contribution in [0.1, 0.15) is 17.5 Å². The Morgan fingerprint density at radius 1 is 1.53 bits per heavy atom. The van der Waals surface area contributed by atoms with E-state index in [1.54, 1.807) is 12.1 Å². The molecule has 2 aromatic heterocycles. The van der Waals surface area contributed by atoms with Crippen LogP contribution in [0.25, 0.3) is 0 Å². The van der Waals surface area contributed by atoms with Crippen LogP contribution in [0.15, 0.2) is 18.3 Å². The number of rotatable bonds is 4. The van der Waals surface area contributed by atoms with E-state index in [-0.39, 0.29) is 5.82 Å². The number of tetrazole rings is 1. The van der Waals surface area contributed by atoms with Gasteiger partial charge in [-0.25, -0.2) is 4.98 Å². The summed E-state index contributed by atoms with van der Waals surface area (Å²) < 4.78 is 5.17. The maximum Gasteiger partial charge on any atom is 0.297 e. The van der Waals surface area contributed by atoms with Crippen LogP contribution in [-0.2, 0) is 0 Å². The van der Waals surface area contributed by atoms with E-state index in [0.717, 1.165) is 0 Å². The lowest BCUT2D eigenvalue weighted by Gasteiger charge is -2.04. The van der Waals surface area contributed by atoms with Gasteiger partial charge in [0.25, 0.3) is 11.7 Å². The average molecular weight is 234 g/mol. The Labute approximate surface area is 96.4 Å². The molecule has 0 aromatic carbocycles. The van der Waals surface area contributed by atoms with Crippen LogP contribution in [0, 0.1) is 0 Å². The van der Waals surface area contributed by atoms with E-state index in [0.29, 0.717) is 18.2 Å². The molecule has 0 aliphatic rings. The molecule has 2 aromatic rings. The normalized spacial score (nSPS) is 9.94. The number of amides is 1. The van der Waals surface area contributed by atoms with Gasteiger partial charge in [0.05, 0.1) is 18.5 Å². The average Bonchev–Trinajstić information content (AvgIpc) is 2.86. The first-order valence-corrected chi connectivity index (χ1v) is 4.93. The molecule has 0 fully saturated rings. The zero-order chi connectivity index (χ0) is 12.1. The maximum absolute atomic E-state index is 11.5. The van der Waals surface area contributed by atoms with E-state index in [1.165, 1.54) is 6.20 Å². The van der Waals surface area contributed by atoms with Crippen LogP contribution < -0.4 is 10.1 Å². The molecule has 0 unspecified atom stereocenters. The van der Waals surface area contributed by atoms with Gasteiger partial charge in [-0.1, -0.05) is 0 Å². The van der Waals surface area contributed by atoms with Gasteiger partial charge < -0.3 is 10.1 Å². The van der Waals surface area contributed by atoms with Crippen molar-refractivity contribution in [3.05, 3.63) is 24.2 Å². The Bertz CT molecular complexity index is 481. The van der Waals surface area contributed by atoms with E-state index >= 15 is 0 Å². The summed E-state index contributed by atoms with van der Waals surface area (Å²) in [6.45, 7) is 2.41.